The minimum Gasteiger partial charge on any atom is -0.316 e. The molecule has 1 aromatic heterocycles. The summed E-state index contributed by atoms with van der Waals surface area (Å²) < 4.78 is 106. The monoisotopic (exact) mass is 519 g/mol. The van der Waals surface area contributed by atoms with Crippen molar-refractivity contribution in [3.63, 3.8) is 0 Å². The topological polar surface area (TPSA) is 97.3 Å². The van der Waals surface area contributed by atoms with E-state index in [4.69, 9.17) is 0 Å². The lowest BCUT2D eigenvalue weighted by molar-refractivity contribution is 0.0619. The van der Waals surface area contributed by atoms with Gasteiger partial charge in [-0.15, -0.1) is 0 Å². The van der Waals surface area contributed by atoms with Crippen LogP contribution in [0.2, 0.25) is 0 Å². The first-order chi connectivity index (χ1) is 15.9. The van der Waals surface area contributed by atoms with Crippen molar-refractivity contribution in [1.82, 2.24) is 9.29 Å². The fraction of sp³-hybridized carbons (Fsp3) is 0.238. The second-order valence-corrected chi connectivity index (χ2v) is 10.9. The van der Waals surface area contributed by atoms with Gasteiger partial charge in [0, 0.05) is 24.0 Å². The predicted molar refractivity (Wildman–Crippen MR) is 120 cm³/mol. The van der Waals surface area contributed by atoms with E-state index in [0.29, 0.717) is 12.1 Å². The van der Waals surface area contributed by atoms with Crippen molar-refractivity contribution in [3.8, 4) is 11.3 Å². The molecule has 184 valence electrons. The molecule has 2 N–H and O–H groups in total. The average Bonchev–Trinajstić information content (AvgIpc) is 3.18. The number of rotatable bonds is 10. The average molecular weight is 520 g/mol. The zero-order valence-corrected chi connectivity index (χ0v) is 19.4. The molecule has 7 nitrogen and oxygen atoms in total. The molecular weight excluding hydrogens is 498 g/mol. The van der Waals surface area contributed by atoms with Crippen molar-refractivity contribution in [2.45, 2.75) is 24.0 Å². The van der Waals surface area contributed by atoms with E-state index in [2.05, 4.69) is 5.32 Å². The molecule has 2 aromatic carbocycles. The molecular formula is C21H21F4N3O4S2. The van der Waals surface area contributed by atoms with E-state index in [9.17, 15) is 34.4 Å². The summed E-state index contributed by atoms with van der Waals surface area (Å²) in [5.74, 6) is -2.14. The Morgan fingerprint density at radius 3 is 2.32 bits per heavy atom. The maximum atomic E-state index is 14.5. The fourth-order valence-corrected chi connectivity index (χ4v) is 5.77. The standard InChI is InChI=1S/C21H21F4N3O4S2/c1-26-11-14-9-20(17-7-2-3-8-18(17)22)28(12-14)34(31,32)16-6-4-5-15(10-16)27-33(29,30)13-19(23)21(24)25/h2-10,12,19,21,26-27H,11,13H2,1H3. The van der Waals surface area contributed by atoms with E-state index in [1.807, 2.05) is 4.72 Å². The van der Waals surface area contributed by atoms with Crippen LogP contribution >= 0.6 is 0 Å². The summed E-state index contributed by atoms with van der Waals surface area (Å²) >= 11 is 0. The van der Waals surface area contributed by atoms with Gasteiger partial charge in [0.15, 0.2) is 6.17 Å². The molecule has 0 fully saturated rings. The number of aromatic nitrogens is 1. The molecule has 1 heterocycles. The molecule has 0 saturated carbocycles. The quantitative estimate of drug-likeness (QED) is 0.399. The summed E-state index contributed by atoms with van der Waals surface area (Å²) in [6, 6.07) is 11.7. The van der Waals surface area contributed by atoms with E-state index in [1.54, 1.807) is 13.1 Å². The van der Waals surface area contributed by atoms with Crippen LogP contribution in [0.1, 0.15) is 5.56 Å². The maximum absolute atomic E-state index is 14.5. The first-order valence-corrected chi connectivity index (χ1v) is 12.9. The number of nitrogens with zero attached hydrogens (tertiary/aromatic N) is 1. The van der Waals surface area contributed by atoms with Gasteiger partial charge in [-0.1, -0.05) is 18.2 Å². The zero-order chi connectivity index (χ0) is 25.1. The van der Waals surface area contributed by atoms with Gasteiger partial charge in [-0.2, -0.15) is 0 Å². The third-order valence-corrected chi connectivity index (χ3v) is 7.66. The number of benzene rings is 2. The molecule has 1 unspecified atom stereocenters. The van der Waals surface area contributed by atoms with E-state index in [0.717, 1.165) is 10.0 Å². The Morgan fingerprint density at radius 1 is 0.971 bits per heavy atom. The third kappa shape index (κ3) is 5.77. The van der Waals surface area contributed by atoms with Gasteiger partial charge in [-0.3, -0.25) is 4.72 Å². The van der Waals surface area contributed by atoms with Crippen LogP contribution in [0.15, 0.2) is 65.7 Å². The van der Waals surface area contributed by atoms with Crippen LogP contribution in [0.25, 0.3) is 11.3 Å². The SMILES string of the molecule is CNCc1cc(-c2ccccc2F)n(S(=O)(=O)c2cccc(NS(=O)(=O)CC(F)C(F)F)c2)c1. The first-order valence-electron chi connectivity index (χ1n) is 9.84. The van der Waals surface area contributed by atoms with E-state index >= 15 is 0 Å². The largest absolute Gasteiger partial charge is 0.316 e. The fourth-order valence-electron chi connectivity index (χ4n) is 3.20. The van der Waals surface area contributed by atoms with Crippen molar-refractivity contribution < 1.29 is 34.4 Å². The Morgan fingerprint density at radius 2 is 1.68 bits per heavy atom. The zero-order valence-electron chi connectivity index (χ0n) is 17.8. The van der Waals surface area contributed by atoms with Gasteiger partial charge in [-0.05, 0) is 49.0 Å². The van der Waals surface area contributed by atoms with Crippen LogP contribution in [0, 0.1) is 5.82 Å². The highest BCUT2D eigenvalue weighted by Crippen LogP contribution is 2.30. The van der Waals surface area contributed by atoms with E-state index in [1.165, 1.54) is 48.7 Å². The molecule has 3 rings (SSSR count). The number of nitrogens with one attached hydrogen (secondary N) is 2. The minimum atomic E-state index is -4.53. The molecule has 0 amide bonds. The molecule has 34 heavy (non-hydrogen) atoms. The maximum Gasteiger partial charge on any atom is 0.270 e. The summed E-state index contributed by atoms with van der Waals surface area (Å²) in [6.07, 6.45) is -5.08. The van der Waals surface area contributed by atoms with Crippen LogP contribution in [0.5, 0.6) is 0 Å². The Hall–Kier alpha value is -2.90. The minimum absolute atomic E-state index is 0.0336. The predicted octanol–water partition coefficient (Wildman–Crippen LogP) is 3.60. The smallest absolute Gasteiger partial charge is 0.270 e. The van der Waals surface area contributed by atoms with Crippen molar-refractivity contribution in [2.75, 3.05) is 17.5 Å². The van der Waals surface area contributed by atoms with Crippen molar-refractivity contribution in [2.24, 2.45) is 0 Å². The molecule has 0 saturated heterocycles. The lowest BCUT2D eigenvalue weighted by Crippen LogP contribution is -2.28. The lowest BCUT2D eigenvalue weighted by atomic mass is 10.1. The molecule has 0 aliphatic rings. The van der Waals surface area contributed by atoms with Crippen LogP contribution < -0.4 is 10.0 Å². The summed E-state index contributed by atoms with van der Waals surface area (Å²) in [5, 5.41) is 2.88. The summed E-state index contributed by atoms with van der Waals surface area (Å²) in [5.41, 5.74) is 0.359. The van der Waals surface area contributed by atoms with Gasteiger partial charge < -0.3 is 5.32 Å². The van der Waals surface area contributed by atoms with E-state index in [-0.39, 0.29) is 21.8 Å². The number of hydrogen-bond donors (Lipinski definition) is 2. The highest BCUT2D eigenvalue weighted by Gasteiger charge is 2.28. The molecule has 0 aliphatic heterocycles. The second-order valence-electron chi connectivity index (χ2n) is 7.31. The number of hydrogen-bond acceptors (Lipinski definition) is 5. The van der Waals surface area contributed by atoms with Crippen molar-refractivity contribution in [3.05, 3.63) is 72.2 Å². The number of alkyl halides is 3. The molecule has 3 aromatic rings. The van der Waals surface area contributed by atoms with Crippen LogP contribution in [-0.2, 0) is 26.6 Å². The Labute approximate surface area is 194 Å². The number of anilines is 1. The second kappa shape index (κ2) is 10.2. The number of halogens is 4. The molecule has 13 heteroatoms. The van der Waals surface area contributed by atoms with Crippen LogP contribution in [0.4, 0.5) is 23.2 Å². The first kappa shape index (κ1) is 25.7. The molecule has 0 aliphatic carbocycles. The highest BCUT2D eigenvalue weighted by molar-refractivity contribution is 7.92. The highest BCUT2D eigenvalue weighted by atomic mass is 32.2. The summed E-state index contributed by atoms with van der Waals surface area (Å²) in [7, 11) is -7.23. The molecule has 0 bridgehead atoms. The van der Waals surface area contributed by atoms with Crippen LogP contribution in [-0.4, -0.2) is 46.2 Å². The third-order valence-electron chi connectivity index (χ3n) is 4.69. The van der Waals surface area contributed by atoms with Gasteiger partial charge in [0.25, 0.3) is 16.4 Å². The van der Waals surface area contributed by atoms with Gasteiger partial charge in [-0.25, -0.2) is 38.4 Å². The van der Waals surface area contributed by atoms with Crippen LogP contribution in [0.3, 0.4) is 0 Å². The normalized spacial score (nSPS) is 13.2. The lowest BCUT2D eigenvalue weighted by Gasteiger charge is -2.14. The Kier molecular flexibility index (Phi) is 7.68. The molecule has 1 atom stereocenters. The Bertz CT molecular complexity index is 1380. The molecule has 0 radical (unpaired) electrons. The summed E-state index contributed by atoms with van der Waals surface area (Å²) in [4.78, 5) is -0.359. The number of sulfonamides is 1. The molecule has 0 spiro atoms. The van der Waals surface area contributed by atoms with E-state index < -0.39 is 44.2 Å². The van der Waals surface area contributed by atoms with Gasteiger partial charge in [0.05, 0.1) is 10.6 Å². The Balaban J connectivity index is 2.03. The van der Waals surface area contributed by atoms with Crippen molar-refractivity contribution in [1.29, 1.82) is 0 Å². The van der Waals surface area contributed by atoms with Gasteiger partial charge >= 0.3 is 0 Å². The summed E-state index contributed by atoms with van der Waals surface area (Å²) in [6.45, 7) is 0.290. The van der Waals surface area contributed by atoms with Gasteiger partial charge in [0.2, 0.25) is 10.0 Å². The van der Waals surface area contributed by atoms with Crippen molar-refractivity contribution >= 4 is 25.7 Å². The van der Waals surface area contributed by atoms with Gasteiger partial charge in [0.1, 0.15) is 11.6 Å².